The van der Waals surface area contributed by atoms with Crippen molar-refractivity contribution in [1.29, 1.82) is 0 Å². The highest BCUT2D eigenvalue weighted by Gasteiger charge is 2.27. The molecule has 0 spiro atoms. The van der Waals surface area contributed by atoms with Gasteiger partial charge in [0.15, 0.2) is 23.0 Å². The van der Waals surface area contributed by atoms with Crippen molar-refractivity contribution in [2.45, 2.75) is 6.92 Å². The Bertz CT molecular complexity index is 835. The van der Waals surface area contributed by atoms with Gasteiger partial charge in [0.2, 0.25) is 22.8 Å². The predicted molar refractivity (Wildman–Crippen MR) is 63.6 cm³/mol. The van der Waals surface area contributed by atoms with E-state index >= 15 is 0 Å². The van der Waals surface area contributed by atoms with Gasteiger partial charge in [-0.3, -0.25) is 4.79 Å². The van der Waals surface area contributed by atoms with E-state index in [4.69, 9.17) is 9.15 Å². The smallest absolute Gasteiger partial charge is 0.238 e. The average molecular weight is 302 g/mol. The van der Waals surface area contributed by atoms with Crippen molar-refractivity contribution in [3.63, 3.8) is 0 Å². The highest BCUT2D eigenvalue weighted by atomic mass is 19.2. The lowest BCUT2D eigenvalue weighted by Crippen LogP contribution is -2.14. The highest BCUT2D eigenvalue weighted by Crippen LogP contribution is 2.29. The summed E-state index contributed by atoms with van der Waals surface area (Å²) in [7, 11) is 0. The van der Waals surface area contributed by atoms with Gasteiger partial charge in [-0.1, -0.05) is 0 Å². The molecule has 0 amide bonds. The molecular weight excluding hydrogens is 296 g/mol. The zero-order valence-electron chi connectivity index (χ0n) is 10.4. The van der Waals surface area contributed by atoms with Crippen molar-refractivity contribution in [2.75, 3.05) is 6.61 Å². The minimum Gasteiger partial charge on any atom is -0.487 e. The molecule has 0 saturated heterocycles. The van der Waals surface area contributed by atoms with Crippen LogP contribution in [0.25, 0.3) is 17.0 Å². The van der Waals surface area contributed by atoms with Crippen molar-refractivity contribution in [3.8, 4) is 5.75 Å². The van der Waals surface area contributed by atoms with E-state index in [1.165, 1.54) is 12.9 Å². The van der Waals surface area contributed by atoms with Crippen LogP contribution in [0.5, 0.6) is 5.75 Å². The molecule has 0 aliphatic heterocycles. The topological polar surface area (TPSA) is 56.5 Å². The summed E-state index contributed by atoms with van der Waals surface area (Å²) < 4.78 is 63.2. The molecule has 0 bridgehead atoms. The molecule has 21 heavy (non-hydrogen) atoms. The number of rotatable bonds is 3. The zero-order valence-corrected chi connectivity index (χ0v) is 10.4. The molecule has 2 rings (SSSR count). The lowest BCUT2D eigenvalue weighted by atomic mass is 10.1. The van der Waals surface area contributed by atoms with Crippen LogP contribution in [0.2, 0.25) is 0 Å². The molecule has 0 unspecified atom stereocenters. The van der Waals surface area contributed by atoms with Crippen LogP contribution in [-0.4, -0.2) is 12.5 Å². The van der Waals surface area contributed by atoms with Crippen LogP contribution in [0.3, 0.4) is 0 Å². The Labute approximate surface area is 114 Å². The third-order valence-corrected chi connectivity index (χ3v) is 2.57. The molecular formula is C13H6F4O4. The number of hydrogen-bond donors (Lipinski definition) is 0. The molecule has 1 heterocycles. The summed E-state index contributed by atoms with van der Waals surface area (Å²) in [5, 5.41) is -1.14. The van der Waals surface area contributed by atoms with E-state index < -0.39 is 51.2 Å². The zero-order chi connectivity index (χ0) is 15.7. The summed E-state index contributed by atoms with van der Waals surface area (Å²) in [4.78, 5) is 22.4. The fourth-order valence-electron chi connectivity index (χ4n) is 1.72. The third-order valence-electron chi connectivity index (χ3n) is 2.57. The summed E-state index contributed by atoms with van der Waals surface area (Å²) in [6.07, 6.45) is 0.588. The second-order valence-electron chi connectivity index (χ2n) is 3.78. The van der Waals surface area contributed by atoms with Crippen LogP contribution >= 0.6 is 0 Å². The Morgan fingerprint density at radius 2 is 1.76 bits per heavy atom. The predicted octanol–water partition coefficient (Wildman–Crippen LogP) is 2.59. The SMILES string of the molecule is CCOc1c(C=C=O)oc2c(F)c(F)c(F)c(F)c2c1=O. The van der Waals surface area contributed by atoms with Gasteiger partial charge in [-0.15, -0.1) is 0 Å². The van der Waals surface area contributed by atoms with Gasteiger partial charge in [-0.25, -0.2) is 18.0 Å². The van der Waals surface area contributed by atoms with Crippen molar-refractivity contribution in [1.82, 2.24) is 0 Å². The van der Waals surface area contributed by atoms with Crippen LogP contribution in [0, 0.1) is 23.3 Å². The first kappa shape index (κ1) is 14.8. The minimum absolute atomic E-state index is 0.0657. The highest BCUT2D eigenvalue weighted by molar-refractivity contribution is 5.83. The van der Waals surface area contributed by atoms with Gasteiger partial charge < -0.3 is 9.15 Å². The normalized spacial score (nSPS) is 10.5. The van der Waals surface area contributed by atoms with E-state index in [2.05, 4.69) is 0 Å². The molecule has 0 aliphatic rings. The summed E-state index contributed by atoms with van der Waals surface area (Å²) in [6, 6.07) is 0. The maximum absolute atomic E-state index is 13.7. The summed E-state index contributed by atoms with van der Waals surface area (Å²) in [6.45, 7) is 1.41. The number of halogens is 4. The Kier molecular flexibility index (Phi) is 3.82. The van der Waals surface area contributed by atoms with E-state index in [1.54, 1.807) is 0 Å². The maximum atomic E-state index is 13.7. The van der Waals surface area contributed by atoms with Crippen molar-refractivity contribution in [3.05, 3.63) is 39.3 Å². The van der Waals surface area contributed by atoms with E-state index in [9.17, 15) is 27.2 Å². The average Bonchev–Trinajstić information content (AvgIpc) is 2.46. The molecule has 4 nitrogen and oxygen atoms in total. The lowest BCUT2D eigenvalue weighted by molar-refractivity contribution is 0.323. The monoisotopic (exact) mass is 302 g/mol. The molecule has 0 fully saturated rings. The molecule has 0 aliphatic carbocycles. The maximum Gasteiger partial charge on any atom is 0.238 e. The first-order valence-electron chi connectivity index (χ1n) is 5.60. The Hall–Kier alpha value is -2.60. The Morgan fingerprint density at radius 1 is 1.14 bits per heavy atom. The van der Waals surface area contributed by atoms with Crippen LogP contribution in [0.1, 0.15) is 12.7 Å². The van der Waals surface area contributed by atoms with Crippen LogP contribution in [0.15, 0.2) is 9.21 Å². The van der Waals surface area contributed by atoms with Gasteiger partial charge in [0.25, 0.3) is 0 Å². The molecule has 0 N–H and O–H groups in total. The quantitative estimate of drug-likeness (QED) is 0.378. The first-order chi connectivity index (χ1) is 9.93. The number of carbonyl (C=O) groups excluding carboxylic acids is 1. The van der Waals surface area contributed by atoms with Crippen LogP contribution in [-0.2, 0) is 4.79 Å². The Morgan fingerprint density at radius 3 is 2.33 bits per heavy atom. The van der Waals surface area contributed by atoms with Crippen molar-refractivity contribution < 1.29 is 31.5 Å². The van der Waals surface area contributed by atoms with Crippen molar-refractivity contribution >= 4 is 23.0 Å². The van der Waals surface area contributed by atoms with E-state index in [0.29, 0.717) is 6.08 Å². The molecule has 8 heteroatoms. The third kappa shape index (κ3) is 2.19. The van der Waals surface area contributed by atoms with Crippen LogP contribution in [0.4, 0.5) is 17.6 Å². The summed E-state index contributed by atoms with van der Waals surface area (Å²) in [5.74, 6) is -8.00. The number of fused-ring (bicyclic) bond motifs is 1. The molecule has 1 aromatic carbocycles. The Balaban J connectivity index is 3.07. The molecule has 0 radical (unpaired) electrons. The summed E-state index contributed by atoms with van der Waals surface area (Å²) in [5.41, 5.74) is -2.42. The fraction of sp³-hybridized carbons (Fsp3) is 0.154. The molecule has 2 aromatic rings. The van der Waals surface area contributed by atoms with Gasteiger partial charge in [0, 0.05) is 0 Å². The van der Waals surface area contributed by atoms with Crippen LogP contribution < -0.4 is 10.2 Å². The number of ether oxygens (including phenoxy) is 1. The van der Waals surface area contributed by atoms with Gasteiger partial charge in [-0.2, -0.15) is 4.39 Å². The second-order valence-corrected chi connectivity index (χ2v) is 3.78. The fourth-order valence-corrected chi connectivity index (χ4v) is 1.72. The molecule has 0 saturated carbocycles. The van der Waals surface area contributed by atoms with Gasteiger partial charge in [0.05, 0.1) is 12.7 Å². The standard InChI is InChI=1S/C13H6F4O4/c1-2-20-12-5(3-4-18)21-13-6(11(12)19)7(14)8(15)9(16)10(13)17/h3H,2H2,1H3. The van der Waals surface area contributed by atoms with Gasteiger partial charge in [0.1, 0.15) is 11.3 Å². The van der Waals surface area contributed by atoms with Crippen molar-refractivity contribution in [2.24, 2.45) is 0 Å². The second kappa shape index (κ2) is 5.41. The summed E-state index contributed by atoms with van der Waals surface area (Å²) >= 11 is 0. The van der Waals surface area contributed by atoms with E-state index in [1.807, 2.05) is 0 Å². The first-order valence-corrected chi connectivity index (χ1v) is 5.60. The number of hydrogen-bond acceptors (Lipinski definition) is 4. The molecule has 1 aromatic heterocycles. The van der Waals surface area contributed by atoms with E-state index in [0.717, 1.165) is 0 Å². The van der Waals surface area contributed by atoms with Gasteiger partial charge >= 0.3 is 0 Å². The van der Waals surface area contributed by atoms with E-state index in [-0.39, 0.29) is 6.61 Å². The molecule has 0 atom stereocenters. The minimum atomic E-state index is -2.14. The molecule has 110 valence electrons. The largest absolute Gasteiger partial charge is 0.487 e. The lowest BCUT2D eigenvalue weighted by Gasteiger charge is -2.08. The number of benzene rings is 1. The van der Waals surface area contributed by atoms with Gasteiger partial charge in [-0.05, 0) is 6.92 Å².